The van der Waals surface area contributed by atoms with Crippen LogP contribution in [-0.2, 0) is 4.79 Å². The number of nitro benzene ring substituents is 2. The van der Waals surface area contributed by atoms with Gasteiger partial charge in [0.05, 0.1) is 21.6 Å². The summed E-state index contributed by atoms with van der Waals surface area (Å²) in [5.74, 6) is -2.64. The first-order chi connectivity index (χ1) is 13.6. The minimum atomic E-state index is -1.36. The van der Waals surface area contributed by atoms with E-state index in [9.17, 15) is 29.8 Å². The summed E-state index contributed by atoms with van der Waals surface area (Å²) in [5.41, 5.74) is -1.58. The number of benzene rings is 2. The lowest BCUT2D eigenvalue weighted by Crippen LogP contribution is -2.29. The summed E-state index contributed by atoms with van der Waals surface area (Å²) in [6.07, 6.45) is 0. The van der Waals surface area contributed by atoms with Crippen molar-refractivity contribution < 1.29 is 29.3 Å². The standard InChI is InChI=1S/C17H16N4O8/c1-19(2)11-5-3-4-6-14(11)29-15-7-10(17(24)18-9-16(22)23)12(20(25)26)8-13(15)21(27)28/h3-8H,9H2,1-2H3,(H,18,24)(H,22,23). The van der Waals surface area contributed by atoms with E-state index in [4.69, 9.17) is 9.84 Å². The van der Waals surface area contributed by atoms with Gasteiger partial charge < -0.3 is 20.1 Å². The number of carboxylic acid groups (broad SMARTS) is 1. The molecule has 2 aromatic carbocycles. The van der Waals surface area contributed by atoms with Crippen molar-refractivity contribution in [1.29, 1.82) is 0 Å². The fraction of sp³-hybridized carbons (Fsp3) is 0.176. The molecule has 0 unspecified atom stereocenters. The second kappa shape index (κ2) is 8.65. The Hall–Kier alpha value is -4.22. The molecule has 0 atom stereocenters. The van der Waals surface area contributed by atoms with E-state index in [2.05, 4.69) is 0 Å². The molecule has 2 N–H and O–H groups in total. The number of nitrogens with zero attached hydrogens (tertiary/aromatic N) is 3. The molecule has 0 aliphatic rings. The maximum Gasteiger partial charge on any atom is 0.322 e. The fourth-order valence-corrected chi connectivity index (χ4v) is 2.40. The van der Waals surface area contributed by atoms with Crippen molar-refractivity contribution in [2.75, 3.05) is 25.5 Å². The SMILES string of the molecule is CN(C)c1ccccc1Oc1cc(C(=O)NCC(=O)O)c([N+](=O)[O-])cc1[N+](=O)[O-]. The van der Waals surface area contributed by atoms with Crippen LogP contribution in [0.1, 0.15) is 10.4 Å². The normalized spacial score (nSPS) is 10.1. The van der Waals surface area contributed by atoms with Crippen molar-refractivity contribution in [2.45, 2.75) is 0 Å². The van der Waals surface area contributed by atoms with Gasteiger partial charge in [0.25, 0.3) is 11.6 Å². The molecule has 0 saturated heterocycles. The van der Waals surface area contributed by atoms with Gasteiger partial charge in [0.2, 0.25) is 5.75 Å². The zero-order valence-electron chi connectivity index (χ0n) is 15.3. The Balaban J connectivity index is 2.60. The highest BCUT2D eigenvalue weighted by Crippen LogP contribution is 2.39. The third-order valence-corrected chi connectivity index (χ3v) is 3.68. The zero-order valence-corrected chi connectivity index (χ0v) is 15.3. The smallest absolute Gasteiger partial charge is 0.322 e. The van der Waals surface area contributed by atoms with Crippen LogP contribution in [0.15, 0.2) is 36.4 Å². The van der Waals surface area contributed by atoms with E-state index in [0.717, 1.165) is 6.07 Å². The predicted molar refractivity (Wildman–Crippen MR) is 101 cm³/mol. The fourth-order valence-electron chi connectivity index (χ4n) is 2.40. The summed E-state index contributed by atoms with van der Waals surface area (Å²) in [5, 5.41) is 33.4. The molecule has 29 heavy (non-hydrogen) atoms. The van der Waals surface area contributed by atoms with Gasteiger partial charge in [0.15, 0.2) is 5.75 Å². The van der Waals surface area contributed by atoms with Crippen molar-refractivity contribution in [3.63, 3.8) is 0 Å². The van der Waals surface area contributed by atoms with E-state index in [1.165, 1.54) is 6.07 Å². The highest BCUT2D eigenvalue weighted by atomic mass is 16.6. The quantitative estimate of drug-likeness (QED) is 0.495. The number of nitrogens with one attached hydrogen (secondary N) is 1. The Morgan fingerprint density at radius 3 is 2.24 bits per heavy atom. The Bertz CT molecular complexity index is 989. The number of para-hydroxylation sites is 2. The van der Waals surface area contributed by atoms with E-state index in [0.29, 0.717) is 11.8 Å². The highest BCUT2D eigenvalue weighted by Gasteiger charge is 2.30. The van der Waals surface area contributed by atoms with Crippen LogP contribution in [0.5, 0.6) is 11.5 Å². The molecule has 0 aromatic heterocycles. The number of carboxylic acids is 1. The van der Waals surface area contributed by atoms with Gasteiger partial charge in [-0.05, 0) is 12.1 Å². The topological polar surface area (TPSA) is 165 Å². The average molecular weight is 404 g/mol. The summed E-state index contributed by atoms with van der Waals surface area (Å²) in [4.78, 5) is 45.4. The summed E-state index contributed by atoms with van der Waals surface area (Å²) in [6.45, 7) is -0.785. The molecular weight excluding hydrogens is 388 g/mol. The van der Waals surface area contributed by atoms with E-state index < -0.39 is 51.0 Å². The summed E-state index contributed by atoms with van der Waals surface area (Å²) in [7, 11) is 3.44. The number of rotatable bonds is 8. The molecule has 2 rings (SSSR count). The van der Waals surface area contributed by atoms with Crippen molar-refractivity contribution in [2.24, 2.45) is 0 Å². The van der Waals surface area contributed by atoms with Gasteiger partial charge in [0.1, 0.15) is 12.1 Å². The van der Waals surface area contributed by atoms with Crippen molar-refractivity contribution >= 4 is 28.9 Å². The monoisotopic (exact) mass is 404 g/mol. The molecule has 1 amide bonds. The Kier molecular flexibility index (Phi) is 6.29. The largest absolute Gasteiger partial charge is 0.480 e. The second-order valence-corrected chi connectivity index (χ2v) is 5.89. The lowest BCUT2D eigenvalue weighted by molar-refractivity contribution is -0.394. The van der Waals surface area contributed by atoms with Crippen LogP contribution in [-0.4, -0.2) is 47.5 Å². The van der Waals surface area contributed by atoms with Gasteiger partial charge in [-0.25, -0.2) is 0 Å². The third kappa shape index (κ3) is 4.94. The average Bonchev–Trinajstić information content (AvgIpc) is 2.65. The van der Waals surface area contributed by atoms with Crippen LogP contribution in [0.3, 0.4) is 0 Å². The molecular formula is C17H16N4O8. The second-order valence-electron chi connectivity index (χ2n) is 5.89. The molecule has 2 aromatic rings. The van der Waals surface area contributed by atoms with Crippen LogP contribution in [0.25, 0.3) is 0 Å². The highest BCUT2D eigenvalue weighted by molar-refractivity contribution is 6.00. The molecule has 0 spiro atoms. The maximum atomic E-state index is 12.2. The van der Waals surface area contributed by atoms with E-state index in [1.54, 1.807) is 37.2 Å². The van der Waals surface area contributed by atoms with E-state index >= 15 is 0 Å². The number of nitro groups is 2. The van der Waals surface area contributed by atoms with Gasteiger partial charge in [-0.1, -0.05) is 12.1 Å². The number of hydrogen-bond donors (Lipinski definition) is 2. The molecule has 152 valence electrons. The molecule has 0 saturated carbocycles. The zero-order chi connectivity index (χ0) is 21.7. The first-order valence-corrected chi connectivity index (χ1v) is 8.02. The van der Waals surface area contributed by atoms with Crippen LogP contribution in [0.4, 0.5) is 17.1 Å². The van der Waals surface area contributed by atoms with Gasteiger partial charge in [-0.15, -0.1) is 0 Å². The molecule has 12 heteroatoms. The first-order valence-electron chi connectivity index (χ1n) is 8.02. The van der Waals surface area contributed by atoms with Crippen molar-refractivity contribution in [1.82, 2.24) is 5.32 Å². The number of carbonyl (C=O) groups excluding carboxylic acids is 1. The minimum absolute atomic E-state index is 0.214. The number of ether oxygens (including phenoxy) is 1. The van der Waals surface area contributed by atoms with Crippen LogP contribution in [0.2, 0.25) is 0 Å². The van der Waals surface area contributed by atoms with Gasteiger partial charge >= 0.3 is 11.7 Å². The lowest BCUT2D eigenvalue weighted by Gasteiger charge is -2.17. The molecule has 0 radical (unpaired) electrons. The molecule has 0 aliphatic carbocycles. The maximum absolute atomic E-state index is 12.2. The predicted octanol–water partition coefficient (Wildman–Crippen LogP) is 2.18. The van der Waals surface area contributed by atoms with Gasteiger partial charge in [0, 0.05) is 20.2 Å². The lowest BCUT2D eigenvalue weighted by atomic mass is 10.1. The summed E-state index contributed by atoms with van der Waals surface area (Å²) < 4.78 is 5.61. The Morgan fingerprint density at radius 2 is 1.69 bits per heavy atom. The molecule has 0 heterocycles. The molecule has 12 nitrogen and oxygen atoms in total. The number of hydrogen-bond acceptors (Lipinski definition) is 8. The van der Waals surface area contributed by atoms with E-state index in [-0.39, 0.29) is 5.75 Å². The first kappa shape index (κ1) is 21.1. The van der Waals surface area contributed by atoms with E-state index in [1.807, 2.05) is 5.32 Å². The third-order valence-electron chi connectivity index (χ3n) is 3.68. The Labute approximate surface area is 163 Å². The van der Waals surface area contributed by atoms with Crippen molar-refractivity contribution in [3.05, 3.63) is 62.2 Å². The number of anilines is 1. The van der Waals surface area contributed by atoms with Crippen LogP contribution >= 0.6 is 0 Å². The van der Waals surface area contributed by atoms with Crippen molar-refractivity contribution in [3.8, 4) is 11.5 Å². The summed E-state index contributed by atoms with van der Waals surface area (Å²) >= 11 is 0. The number of aliphatic carboxylic acids is 1. The number of amides is 1. The number of carbonyl (C=O) groups is 2. The van der Waals surface area contributed by atoms with Crippen LogP contribution in [0, 0.1) is 20.2 Å². The molecule has 0 aliphatic heterocycles. The van der Waals surface area contributed by atoms with Gasteiger partial charge in [-0.3, -0.25) is 29.8 Å². The van der Waals surface area contributed by atoms with Gasteiger partial charge in [-0.2, -0.15) is 0 Å². The molecule has 0 fully saturated rings. The minimum Gasteiger partial charge on any atom is -0.480 e. The summed E-state index contributed by atoms with van der Waals surface area (Å²) in [6, 6.07) is 8.01. The van der Waals surface area contributed by atoms with Crippen LogP contribution < -0.4 is 15.0 Å². The Morgan fingerprint density at radius 1 is 1.07 bits per heavy atom. The molecule has 0 bridgehead atoms.